The molecule has 106 valence electrons. The summed E-state index contributed by atoms with van der Waals surface area (Å²) in [7, 11) is 0. The summed E-state index contributed by atoms with van der Waals surface area (Å²) in [6, 6.07) is 0. The maximum Gasteiger partial charge on any atom is 0.308 e. The first-order valence-corrected chi connectivity index (χ1v) is 6.94. The molecule has 0 radical (unpaired) electrons. The Bertz CT molecular complexity index is 366. The number of hydrogen-bond acceptors (Lipinski definition) is 3. The molecule has 5 nitrogen and oxygen atoms in total. The van der Waals surface area contributed by atoms with Gasteiger partial charge in [-0.3, -0.25) is 9.59 Å². The predicted molar refractivity (Wildman–Crippen MR) is 69.6 cm³/mol. The molecule has 1 atom stereocenters. The number of carboxylic acids is 1. The average Bonchev–Trinajstić information content (AvgIpc) is 2.35. The van der Waals surface area contributed by atoms with Crippen molar-refractivity contribution in [3.63, 3.8) is 0 Å². The highest BCUT2D eigenvalue weighted by Crippen LogP contribution is 2.25. The fourth-order valence-electron chi connectivity index (χ4n) is 2.55. The van der Waals surface area contributed by atoms with Crippen LogP contribution in [0.2, 0.25) is 0 Å². The Morgan fingerprint density at radius 3 is 2.58 bits per heavy atom. The van der Waals surface area contributed by atoms with Crippen molar-refractivity contribution >= 4 is 11.9 Å². The second-order valence-corrected chi connectivity index (χ2v) is 5.30. The summed E-state index contributed by atoms with van der Waals surface area (Å²) >= 11 is 0. The van der Waals surface area contributed by atoms with Crippen molar-refractivity contribution in [2.75, 3.05) is 19.8 Å². The van der Waals surface area contributed by atoms with Crippen LogP contribution in [0.5, 0.6) is 0 Å². The highest BCUT2D eigenvalue weighted by atomic mass is 16.5. The Morgan fingerprint density at radius 1 is 1.37 bits per heavy atom. The van der Waals surface area contributed by atoms with E-state index in [0.29, 0.717) is 13.2 Å². The Kier molecular flexibility index (Phi) is 4.96. The zero-order chi connectivity index (χ0) is 13.7. The van der Waals surface area contributed by atoms with E-state index in [0.717, 1.165) is 37.7 Å². The summed E-state index contributed by atoms with van der Waals surface area (Å²) in [5.74, 6) is -1.40. The van der Waals surface area contributed by atoms with E-state index in [4.69, 9.17) is 4.74 Å². The van der Waals surface area contributed by atoms with Crippen LogP contribution < -0.4 is 5.32 Å². The first-order chi connectivity index (χ1) is 9.16. The van der Waals surface area contributed by atoms with Gasteiger partial charge in [0.05, 0.1) is 5.92 Å². The number of aliphatic carboxylic acids is 1. The van der Waals surface area contributed by atoms with Gasteiger partial charge in [0.15, 0.2) is 0 Å². The summed E-state index contributed by atoms with van der Waals surface area (Å²) in [4.78, 5) is 22.9. The first-order valence-electron chi connectivity index (χ1n) is 6.94. The Hall–Kier alpha value is -1.36. The van der Waals surface area contributed by atoms with Crippen LogP contribution in [0.15, 0.2) is 11.6 Å². The lowest BCUT2D eigenvalue weighted by molar-refractivity contribution is -0.144. The minimum absolute atomic E-state index is 0.0999. The van der Waals surface area contributed by atoms with E-state index in [2.05, 4.69) is 5.32 Å². The zero-order valence-electron chi connectivity index (χ0n) is 11.1. The predicted octanol–water partition coefficient (Wildman–Crippen LogP) is 1.34. The van der Waals surface area contributed by atoms with Crippen LogP contribution in [0.3, 0.4) is 0 Å². The monoisotopic (exact) mass is 267 g/mol. The molecule has 1 aliphatic carbocycles. The van der Waals surface area contributed by atoms with E-state index >= 15 is 0 Å². The Labute approximate surface area is 113 Å². The van der Waals surface area contributed by atoms with Crippen LogP contribution >= 0.6 is 0 Å². The average molecular weight is 267 g/mol. The van der Waals surface area contributed by atoms with E-state index in [9.17, 15) is 14.7 Å². The first kappa shape index (κ1) is 14.1. The van der Waals surface area contributed by atoms with Gasteiger partial charge in [-0.25, -0.2) is 0 Å². The molecule has 1 heterocycles. The molecule has 2 N–H and O–H groups in total. The maximum absolute atomic E-state index is 11.7. The molecular weight excluding hydrogens is 246 g/mol. The molecule has 1 aliphatic heterocycles. The number of allylic oxidation sites excluding steroid dienone is 1. The van der Waals surface area contributed by atoms with Gasteiger partial charge in [-0.15, -0.1) is 0 Å². The van der Waals surface area contributed by atoms with Crippen molar-refractivity contribution in [2.45, 2.75) is 32.1 Å². The zero-order valence-corrected chi connectivity index (χ0v) is 11.1. The van der Waals surface area contributed by atoms with Gasteiger partial charge in [0.1, 0.15) is 0 Å². The van der Waals surface area contributed by atoms with Crippen LogP contribution in [0.1, 0.15) is 32.1 Å². The van der Waals surface area contributed by atoms with Crippen molar-refractivity contribution in [1.82, 2.24) is 5.32 Å². The summed E-state index contributed by atoms with van der Waals surface area (Å²) in [5.41, 5.74) is 1.16. The molecule has 19 heavy (non-hydrogen) atoms. The second-order valence-electron chi connectivity index (χ2n) is 5.30. The largest absolute Gasteiger partial charge is 0.481 e. The van der Waals surface area contributed by atoms with E-state index in [-0.39, 0.29) is 18.4 Å². The topological polar surface area (TPSA) is 75.6 Å². The third kappa shape index (κ3) is 4.06. The normalized spacial score (nSPS) is 21.4. The van der Waals surface area contributed by atoms with Gasteiger partial charge in [-0.2, -0.15) is 0 Å². The summed E-state index contributed by atoms with van der Waals surface area (Å²) in [5, 5.41) is 12.0. The molecule has 1 amide bonds. The third-order valence-electron chi connectivity index (χ3n) is 3.98. The van der Waals surface area contributed by atoms with Crippen molar-refractivity contribution < 1.29 is 19.4 Å². The van der Waals surface area contributed by atoms with Gasteiger partial charge < -0.3 is 15.2 Å². The minimum Gasteiger partial charge on any atom is -0.481 e. The van der Waals surface area contributed by atoms with Gasteiger partial charge in [-0.1, -0.05) is 5.57 Å². The molecule has 1 saturated carbocycles. The molecule has 2 rings (SSSR count). The minimum atomic E-state index is -0.830. The summed E-state index contributed by atoms with van der Waals surface area (Å²) < 4.78 is 5.24. The van der Waals surface area contributed by atoms with Crippen molar-refractivity contribution in [3.05, 3.63) is 11.6 Å². The van der Waals surface area contributed by atoms with E-state index in [1.807, 2.05) is 0 Å². The van der Waals surface area contributed by atoms with Crippen LogP contribution in [0.25, 0.3) is 0 Å². The van der Waals surface area contributed by atoms with Crippen LogP contribution in [0.4, 0.5) is 0 Å². The fourth-order valence-corrected chi connectivity index (χ4v) is 2.55. The lowest BCUT2D eigenvalue weighted by atomic mass is 9.86. The SMILES string of the molecule is O=C(C=C1CCC1)NCC(C(=O)O)C1CCOCC1. The number of carbonyl (C=O) groups is 2. The Morgan fingerprint density at radius 2 is 2.05 bits per heavy atom. The smallest absolute Gasteiger partial charge is 0.308 e. The number of nitrogens with one attached hydrogen (secondary N) is 1. The maximum atomic E-state index is 11.7. The van der Waals surface area contributed by atoms with E-state index in [1.54, 1.807) is 6.08 Å². The molecule has 1 unspecified atom stereocenters. The van der Waals surface area contributed by atoms with Gasteiger partial charge in [0, 0.05) is 25.8 Å². The lowest BCUT2D eigenvalue weighted by Gasteiger charge is -2.27. The number of amides is 1. The lowest BCUT2D eigenvalue weighted by Crippen LogP contribution is -2.38. The molecule has 1 saturated heterocycles. The van der Waals surface area contributed by atoms with Crippen molar-refractivity contribution in [1.29, 1.82) is 0 Å². The molecule has 0 aromatic carbocycles. The fraction of sp³-hybridized carbons (Fsp3) is 0.714. The number of ether oxygens (including phenoxy) is 1. The molecule has 0 aromatic rings. The molecule has 0 aromatic heterocycles. The number of rotatable bonds is 5. The highest BCUT2D eigenvalue weighted by molar-refractivity contribution is 5.88. The van der Waals surface area contributed by atoms with Crippen LogP contribution in [0, 0.1) is 11.8 Å². The third-order valence-corrected chi connectivity index (χ3v) is 3.98. The molecule has 0 spiro atoms. The summed E-state index contributed by atoms with van der Waals surface area (Å²) in [6.45, 7) is 1.45. The quantitative estimate of drug-likeness (QED) is 0.737. The number of carboxylic acid groups (broad SMARTS) is 1. The molecular formula is C14H21NO4. The number of carbonyl (C=O) groups excluding carboxylic acids is 1. The highest BCUT2D eigenvalue weighted by Gasteiger charge is 2.29. The van der Waals surface area contributed by atoms with Crippen molar-refractivity contribution in [3.8, 4) is 0 Å². The van der Waals surface area contributed by atoms with Crippen LogP contribution in [-0.2, 0) is 14.3 Å². The molecule has 0 bridgehead atoms. The van der Waals surface area contributed by atoms with Gasteiger partial charge >= 0.3 is 5.97 Å². The van der Waals surface area contributed by atoms with Gasteiger partial charge in [0.25, 0.3) is 0 Å². The molecule has 2 fully saturated rings. The van der Waals surface area contributed by atoms with Crippen molar-refractivity contribution in [2.24, 2.45) is 11.8 Å². The summed E-state index contributed by atoms with van der Waals surface area (Å²) in [6.07, 6.45) is 6.28. The second kappa shape index (κ2) is 6.70. The van der Waals surface area contributed by atoms with Gasteiger partial charge in [0.2, 0.25) is 5.91 Å². The van der Waals surface area contributed by atoms with E-state index in [1.165, 1.54) is 0 Å². The standard InChI is InChI=1S/C14H21NO4/c16-13(8-10-2-1-3-10)15-9-12(14(17)18)11-4-6-19-7-5-11/h8,11-12H,1-7,9H2,(H,15,16)(H,17,18). The van der Waals surface area contributed by atoms with Crippen LogP contribution in [-0.4, -0.2) is 36.7 Å². The molecule has 2 aliphatic rings. The Balaban J connectivity index is 1.82. The van der Waals surface area contributed by atoms with E-state index < -0.39 is 11.9 Å². The van der Waals surface area contributed by atoms with Gasteiger partial charge in [-0.05, 0) is 38.0 Å². The number of hydrogen-bond donors (Lipinski definition) is 2. The molecule has 5 heteroatoms.